The second-order valence-corrected chi connectivity index (χ2v) is 5.03. The smallest absolute Gasteiger partial charge is 0.427 e. The highest BCUT2D eigenvalue weighted by Gasteiger charge is 2.24. The minimum absolute atomic E-state index is 0.0182. The molecule has 0 radical (unpaired) electrons. The Balaban J connectivity index is 2.48. The molecule has 20 heavy (non-hydrogen) atoms. The zero-order chi connectivity index (χ0) is 14.9. The summed E-state index contributed by atoms with van der Waals surface area (Å²) in [7, 11) is 1.52. The molecule has 0 saturated carbocycles. The van der Waals surface area contributed by atoms with Crippen LogP contribution in [-0.4, -0.2) is 25.6 Å². The van der Waals surface area contributed by atoms with E-state index in [9.17, 15) is 14.9 Å². The number of carbonyl (C=O) groups is 1. The van der Waals surface area contributed by atoms with Crippen molar-refractivity contribution in [2.75, 3.05) is 0 Å². The van der Waals surface area contributed by atoms with Gasteiger partial charge in [0.1, 0.15) is 11.3 Å². The lowest BCUT2D eigenvalue weighted by Gasteiger charge is -2.08. The SMILES string of the molecule is Cn1cnc([N+](=O)[O-])c1Oc1ccc(I)cc1C(=O)O. The summed E-state index contributed by atoms with van der Waals surface area (Å²) in [6.45, 7) is 0. The van der Waals surface area contributed by atoms with Gasteiger partial charge in [-0.15, -0.1) is 0 Å². The van der Waals surface area contributed by atoms with Crippen molar-refractivity contribution in [3.05, 3.63) is 43.8 Å². The van der Waals surface area contributed by atoms with Gasteiger partial charge in [-0.3, -0.25) is 4.57 Å². The Bertz CT molecular complexity index is 697. The van der Waals surface area contributed by atoms with Gasteiger partial charge in [-0.2, -0.15) is 0 Å². The van der Waals surface area contributed by atoms with Crippen LogP contribution in [0.25, 0.3) is 0 Å². The van der Waals surface area contributed by atoms with Crippen molar-refractivity contribution in [2.24, 2.45) is 7.05 Å². The van der Waals surface area contributed by atoms with Gasteiger partial charge in [-0.05, 0) is 50.7 Å². The van der Waals surface area contributed by atoms with E-state index in [-0.39, 0.29) is 17.2 Å². The molecule has 0 amide bonds. The maximum atomic E-state index is 11.2. The molecule has 0 saturated heterocycles. The molecule has 0 fully saturated rings. The molecule has 0 bridgehead atoms. The van der Waals surface area contributed by atoms with Crippen molar-refractivity contribution < 1.29 is 19.6 Å². The quantitative estimate of drug-likeness (QED) is 0.489. The molecular formula is C11H8IN3O5. The Morgan fingerprint density at radius 3 is 2.85 bits per heavy atom. The van der Waals surface area contributed by atoms with Crippen LogP contribution in [0.4, 0.5) is 5.82 Å². The van der Waals surface area contributed by atoms with E-state index in [1.165, 1.54) is 30.1 Å². The van der Waals surface area contributed by atoms with Crippen molar-refractivity contribution in [3.63, 3.8) is 0 Å². The number of aryl methyl sites for hydroxylation is 1. The third-order valence-corrected chi connectivity index (χ3v) is 3.09. The van der Waals surface area contributed by atoms with Crippen molar-refractivity contribution in [3.8, 4) is 11.6 Å². The number of carboxylic acids is 1. The van der Waals surface area contributed by atoms with Crippen LogP contribution in [0.5, 0.6) is 11.6 Å². The zero-order valence-electron chi connectivity index (χ0n) is 10.1. The van der Waals surface area contributed by atoms with E-state index < -0.39 is 16.7 Å². The van der Waals surface area contributed by atoms with Crippen LogP contribution in [0.1, 0.15) is 10.4 Å². The van der Waals surface area contributed by atoms with E-state index in [2.05, 4.69) is 4.98 Å². The summed E-state index contributed by atoms with van der Waals surface area (Å²) < 4.78 is 7.39. The standard InChI is InChI=1S/C11H8IN3O5/c1-14-5-13-9(15(18)19)10(14)20-8-3-2-6(12)4-7(8)11(16)17/h2-5H,1H3,(H,16,17). The first kappa shape index (κ1) is 14.2. The van der Waals surface area contributed by atoms with Crippen LogP contribution in [0.3, 0.4) is 0 Å². The van der Waals surface area contributed by atoms with E-state index in [4.69, 9.17) is 9.84 Å². The summed E-state index contributed by atoms with van der Waals surface area (Å²) in [5.74, 6) is -1.76. The van der Waals surface area contributed by atoms with E-state index in [1.807, 2.05) is 22.6 Å². The Morgan fingerprint density at radius 1 is 1.55 bits per heavy atom. The summed E-state index contributed by atoms with van der Waals surface area (Å²) in [6.07, 6.45) is 1.22. The first-order valence-electron chi connectivity index (χ1n) is 5.26. The molecule has 2 aromatic rings. The lowest BCUT2D eigenvalue weighted by atomic mass is 10.2. The fourth-order valence-electron chi connectivity index (χ4n) is 1.51. The second kappa shape index (κ2) is 5.45. The van der Waals surface area contributed by atoms with E-state index in [1.54, 1.807) is 6.07 Å². The van der Waals surface area contributed by atoms with E-state index >= 15 is 0 Å². The number of aromatic carboxylic acids is 1. The van der Waals surface area contributed by atoms with Gasteiger partial charge >= 0.3 is 17.7 Å². The highest BCUT2D eigenvalue weighted by molar-refractivity contribution is 14.1. The number of ether oxygens (including phenoxy) is 1. The molecule has 1 heterocycles. The van der Waals surface area contributed by atoms with Crippen molar-refractivity contribution in [1.29, 1.82) is 0 Å². The maximum absolute atomic E-state index is 11.2. The molecule has 104 valence electrons. The average Bonchev–Trinajstić information content (AvgIpc) is 2.73. The molecule has 0 unspecified atom stereocenters. The van der Waals surface area contributed by atoms with Crippen molar-refractivity contribution in [1.82, 2.24) is 9.55 Å². The monoisotopic (exact) mass is 389 g/mol. The van der Waals surface area contributed by atoms with Gasteiger partial charge in [-0.1, -0.05) is 0 Å². The number of hydrogen-bond donors (Lipinski definition) is 1. The summed E-state index contributed by atoms with van der Waals surface area (Å²) >= 11 is 1.96. The number of imidazole rings is 1. The van der Waals surface area contributed by atoms with Crippen molar-refractivity contribution >= 4 is 34.4 Å². The first-order chi connectivity index (χ1) is 9.40. The Morgan fingerprint density at radius 2 is 2.25 bits per heavy atom. The largest absolute Gasteiger partial charge is 0.478 e. The molecule has 2 rings (SSSR count). The number of benzene rings is 1. The predicted octanol–water partition coefficient (Wildman–Crippen LogP) is 2.42. The first-order valence-corrected chi connectivity index (χ1v) is 6.34. The van der Waals surface area contributed by atoms with Crippen LogP contribution in [0.2, 0.25) is 0 Å². The van der Waals surface area contributed by atoms with Gasteiger partial charge in [-0.25, -0.2) is 4.79 Å². The van der Waals surface area contributed by atoms with Gasteiger partial charge in [0.15, 0.2) is 0 Å². The molecule has 0 aliphatic heterocycles. The van der Waals surface area contributed by atoms with Crippen LogP contribution in [0.15, 0.2) is 24.5 Å². The van der Waals surface area contributed by atoms with Crippen molar-refractivity contribution in [2.45, 2.75) is 0 Å². The van der Waals surface area contributed by atoms with Gasteiger partial charge < -0.3 is 20.0 Å². The fraction of sp³-hybridized carbons (Fsp3) is 0.0909. The maximum Gasteiger partial charge on any atom is 0.427 e. The van der Waals surface area contributed by atoms with Crippen LogP contribution >= 0.6 is 22.6 Å². The van der Waals surface area contributed by atoms with Gasteiger partial charge in [0.05, 0.1) is 0 Å². The number of aromatic nitrogens is 2. The minimum atomic E-state index is -1.18. The topological polar surface area (TPSA) is 107 Å². The van der Waals surface area contributed by atoms with Gasteiger partial charge in [0.2, 0.25) is 6.33 Å². The van der Waals surface area contributed by atoms with E-state index in [0.29, 0.717) is 3.57 Å². The summed E-state index contributed by atoms with van der Waals surface area (Å²) in [6, 6.07) is 4.51. The zero-order valence-corrected chi connectivity index (χ0v) is 12.3. The van der Waals surface area contributed by atoms with E-state index in [0.717, 1.165) is 0 Å². The third kappa shape index (κ3) is 2.71. The summed E-state index contributed by atoms with van der Waals surface area (Å²) in [5.41, 5.74) is -0.0765. The Hall–Kier alpha value is -2.17. The van der Waals surface area contributed by atoms with Crippen LogP contribution in [-0.2, 0) is 7.05 Å². The van der Waals surface area contributed by atoms with Crippen LogP contribution < -0.4 is 4.74 Å². The molecule has 0 spiro atoms. The number of nitrogens with zero attached hydrogens (tertiary/aromatic N) is 3. The average molecular weight is 389 g/mol. The second-order valence-electron chi connectivity index (χ2n) is 3.79. The van der Waals surface area contributed by atoms with Gasteiger partial charge in [0.25, 0.3) is 0 Å². The molecule has 0 atom stereocenters. The number of carboxylic acid groups (broad SMARTS) is 1. The number of hydrogen-bond acceptors (Lipinski definition) is 5. The minimum Gasteiger partial charge on any atom is -0.478 e. The highest BCUT2D eigenvalue weighted by atomic mass is 127. The number of nitro groups is 1. The lowest BCUT2D eigenvalue weighted by Crippen LogP contribution is -2.03. The Labute approximate surface area is 126 Å². The van der Waals surface area contributed by atoms with Gasteiger partial charge in [0, 0.05) is 10.6 Å². The third-order valence-electron chi connectivity index (χ3n) is 2.42. The molecule has 1 aromatic carbocycles. The number of rotatable bonds is 4. The molecule has 1 N–H and O–H groups in total. The molecule has 8 nitrogen and oxygen atoms in total. The predicted molar refractivity (Wildman–Crippen MR) is 76.1 cm³/mol. The number of halogens is 1. The highest BCUT2D eigenvalue weighted by Crippen LogP contribution is 2.32. The fourth-order valence-corrected chi connectivity index (χ4v) is 2.00. The molecule has 0 aliphatic rings. The Kier molecular flexibility index (Phi) is 3.88. The lowest BCUT2D eigenvalue weighted by molar-refractivity contribution is -0.390. The molecule has 9 heteroatoms. The molecular weight excluding hydrogens is 381 g/mol. The normalized spacial score (nSPS) is 10.3. The summed E-state index contributed by atoms with van der Waals surface area (Å²) in [5, 5.41) is 20.0. The summed E-state index contributed by atoms with van der Waals surface area (Å²) in [4.78, 5) is 24.9. The molecule has 0 aliphatic carbocycles. The van der Waals surface area contributed by atoms with Crippen LogP contribution in [0, 0.1) is 13.7 Å². The molecule has 1 aromatic heterocycles.